The van der Waals surface area contributed by atoms with E-state index < -0.39 is 0 Å². The molecule has 0 saturated carbocycles. The summed E-state index contributed by atoms with van der Waals surface area (Å²) in [6, 6.07) is 14.8. The summed E-state index contributed by atoms with van der Waals surface area (Å²) in [6.45, 7) is 5.35. The molecule has 1 aliphatic heterocycles. The van der Waals surface area contributed by atoms with Crippen LogP contribution < -0.4 is 4.90 Å². The Kier molecular flexibility index (Phi) is 4.99. The van der Waals surface area contributed by atoms with Gasteiger partial charge in [-0.2, -0.15) is 0 Å². The van der Waals surface area contributed by atoms with Crippen LogP contribution in [0.25, 0.3) is 39.0 Å². The zero-order chi connectivity index (χ0) is 22.2. The first-order chi connectivity index (χ1) is 16.3. The highest BCUT2D eigenvalue weighted by Crippen LogP contribution is 2.35. The zero-order valence-corrected chi connectivity index (χ0v) is 18.5. The van der Waals surface area contributed by atoms with E-state index in [4.69, 9.17) is 9.72 Å². The fourth-order valence-electron chi connectivity index (χ4n) is 4.67. The maximum atomic E-state index is 5.59. The average Bonchev–Trinajstić information content (AvgIpc) is 3.52. The fraction of sp³-hybridized carbons (Fsp3) is 0.280. The molecule has 8 nitrogen and oxygen atoms in total. The molecule has 0 spiro atoms. The number of aromatic amines is 1. The van der Waals surface area contributed by atoms with E-state index in [0.717, 1.165) is 89.7 Å². The highest BCUT2D eigenvalue weighted by molar-refractivity contribution is 5.97. The van der Waals surface area contributed by atoms with Gasteiger partial charge in [-0.3, -0.25) is 9.55 Å². The molecule has 0 amide bonds. The van der Waals surface area contributed by atoms with Crippen molar-refractivity contribution >= 4 is 27.6 Å². The van der Waals surface area contributed by atoms with E-state index >= 15 is 0 Å². The van der Waals surface area contributed by atoms with Crippen LogP contribution in [0.15, 0.2) is 55.0 Å². The molecule has 0 aliphatic carbocycles. The number of para-hydroxylation sites is 1. The molecule has 1 saturated heterocycles. The molecule has 1 aliphatic rings. The number of benzene rings is 2. The van der Waals surface area contributed by atoms with Crippen LogP contribution in [0.3, 0.4) is 0 Å². The molecular weight excluding hydrogens is 414 g/mol. The van der Waals surface area contributed by atoms with Crippen LogP contribution in [0.4, 0.5) is 5.69 Å². The van der Waals surface area contributed by atoms with Crippen molar-refractivity contribution in [1.29, 1.82) is 0 Å². The van der Waals surface area contributed by atoms with Crippen molar-refractivity contribution in [2.24, 2.45) is 0 Å². The molecule has 0 radical (unpaired) electrons. The molecular formula is C25H25N7O. The zero-order valence-electron chi connectivity index (χ0n) is 18.5. The summed E-state index contributed by atoms with van der Waals surface area (Å²) in [6.07, 6.45) is 5.36. The molecule has 6 rings (SSSR count). The molecule has 0 unspecified atom stereocenters. The predicted molar refractivity (Wildman–Crippen MR) is 129 cm³/mol. The van der Waals surface area contributed by atoms with Gasteiger partial charge in [-0.25, -0.2) is 4.98 Å². The summed E-state index contributed by atoms with van der Waals surface area (Å²) in [7, 11) is 0. The smallest absolute Gasteiger partial charge is 0.163 e. The second-order valence-corrected chi connectivity index (χ2v) is 8.26. The quantitative estimate of drug-likeness (QED) is 0.443. The van der Waals surface area contributed by atoms with Gasteiger partial charge in [0.05, 0.1) is 29.9 Å². The number of rotatable bonds is 5. The molecule has 166 valence electrons. The van der Waals surface area contributed by atoms with Crippen molar-refractivity contribution in [3.63, 3.8) is 0 Å². The van der Waals surface area contributed by atoms with Crippen molar-refractivity contribution in [2.75, 3.05) is 31.2 Å². The number of aryl methyl sites for hydroxylation is 1. The summed E-state index contributed by atoms with van der Waals surface area (Å²) < 4.78 is 7.89. The number of anilines is 1. The number of hydrogen-bond acceptors (Lipinski definition) is 6. The number of hydrogen-bond donors (Lipinski definition) is 1. The SMILES string of the molecule is CCCc1nc2c(-c3nnc[nH]3)cc(N3CCOCC3)cc2n1-c1ccnc2ccccc12. The van der Waals surface area contributed by atoms with E-state index in [0.29, 0.717) is 0 Å². The minimum absolute atomic E-state index is 0.724. The number of pyridine rings is 1. The normalized spacial score (nSPS) is 14.4. The lowest BCUT2D eigenvalue weighted by Crippen LogP contribution is -2.36. The largest absolute Gasteiger partial charge is 0.378 e. The third-order valence-corrected chi connectivity index (χ3v) is 6.20. The first kappa shape index (κ1) is 19.9. The van der Waals surface area contributed by atoms with E-state index in [1.165, 1.54) is 0 Å². The number of imidazole rings is 1. The summed E-state index contributed by atoms with van der Waals surface area (Å²) in [4.78, 5) is 15.3. The second-order valence-electron chi connectivity index (χ2n) is 8.26. The molecule has 4 heterocycles. The van der Waals surface area contributed by atoms with Gasteiger partial charge in [-0.1, -0.05) is 25.1 Å². The van der Waals surface area contributed by atoms with Crippen molar-refractivity contribution in [1.82, 2.24) is 29.7 Å². The molecule has 3 aromatic heterocycles. The first-order valence-corrected chi connectivity index (χ1v) is 11.4. The lowest BCUT2D eigenvalue weighted by Gasteiger charge is -2.29. The third kappa shape index (κ3) is 3.43. The molecule has 0 atom stereocenters. The van der Waals surface area contributed by atoms with Crippen LogP contribution in [0, 0.1) is 0 Å². The highest BCUT2D eigenvalue weighted by Gasteiger charge is 2.22. The lowest BCUT2D eigenvalue weighted by molar-refractivity contribution is 0.122. The van der Waals surface area contributed by atoms with Gasteiger partial charge in [0.25, 0.3) is 0 Å². The summed E-state index contributed by atoms with van der Waals surface area (Å²) in [5, 5.41) is 9.46. The van der Waals surface area contributed by atoms with Gasteiger partial charge >= 0.3 is 0 Å². The van der Waals surface area contributed by atoms with E-state index in [9.17, 15) is 0 Å². The van der Waals surface area contributed by atoms with E-state index in [1.807, 2.05) is 12.3 Å². The van der Waals surface area contributed by atoms with Crippen LogP contribution in [0.1, 0.15) is 19.2 Å². The minimum Gasteiger partial charge on any atom is -0.378 e. The number of ether oxygens (including phenoxy) is 1. The fourth-order valence-corrected chi connectivity index (χ4v) is 4.67. The Morgan fingerprint density at radius 1 is 1.09 bits per heavy atom. The second kappa shape index (κ2) is 8.29. The topological polar surface area (TPSA) is 84.8 Å². The Morgan fingerprint density at radius 3 is 2.79 bits per heavy atom. The van der Waals surface area contributed by atoms with E-state index in [2.05, 4.69) is 73.0 Å². The molecule has 1 N–H and O–H groups in total. The Labute approximate surface area is 191 Å². The summed E-state index contributed by atoms with van der Waals surface area (Å²) in [5.41, 5.74) is 6.15. The van der Waals surface area contributed by atoms with Crippen molar-refractivity contribution < 1.29 is 4.74 Å². The molecule has 8 heteroatoms. The number of aromatic nitrogens is 6. The number of morpholine rings is 1. The number of nitrogens with zero attached hydrogens (tertiary/aromatic N) is 6. The number of fused-ring (bicyclic) bond motifs is 2. The van der Waals surface area contributed by atoms with E-state index in [-0.39, 0.29) is 0 Å². The van der Waals surface area contributed by atoms with Crippen LogP contribution in [0.2, 0.25) is 0 Å². The van der Waals surface area contributed by atoms with Gasteiger partial charge in [0.15, 0.2) is 5.82 Å². The molecule has 2 aromatic carbocycles. The van der Waals surface area contributed by atoms with Gasteiger partial charge in [-0.15, -0.1) is 10.2 Å². The Morgan fingerprint density at radius 2 is 1.97 bits per heavy atom. The molecule has 1 fully saturated rings. The van der Waals surface area contributed by atoms with E-state index in [1.54, 1.807) is 6.33 Å². The van der Waals surface area contributed by atoms with Gasteiger partial charge < -0.3 is 14.6 Å². The minimum atomic E-state index is 0.724. The highest BCUT2D eigenvalue weighted by atomic mass is 16.5. The van der Waals surface area contributed by atoms with Crippen molar-refractivity contribution in [3.8, 4) is 17.1 Å². The van der Waals surface area contributed by atoms with Crippen molar-refractivity contribution in [2.45, 2.75) is 19.8 Å². The standard InChI is InChI=1S/C25H25N7O/c1-2-5-23-29-24-19(25-27-16-28-30-25)14-17(31-10-12-33-13-11-31)15-22(24)32(23)21-8-9-26-20-7-4-3-6-18(20)21/h3-4,6-9,14-16H,2,5,10-13H2,1H3,(H,27,28,30). The number of nitrogens with one attached hydrogen (secondary N) is 1. The molecule has 33 heavy (non-hydrogen) atoms. The molecule has 5 aromatic rings. The van der Waals surface area contributed by atoms with Crippen LogP contribution in [-0.4, -0.2) is 56.0 Å². The summed E-state index contributed by atoms with van der Waals surface area (Å²) in [5.74, 6) is 1.76. The van der Waals surface area contributed by atoms with Gasteiger partial charge in [-0.05, 0) is 30.7 Å². The Balaban J connectivity index is 1.67. The van der Waals surface area contributed by atoms with Crippen LogP contribution in [-0.2, 0) is 11.2 Å². The maximum Gasteiger partial charge on any atom is 0.163 e. The number of H-pyrrole nitrogens is 1. The average molecular weight is 440 g/mol. The Bertz CT molecular complexity index is 1410. The third-order valence-electron chi connectivity index (χ3n) is 6.20. The monoisotopic (exact) mass is 439 g/mol. The maximum absolute atomic E-state index is 5.59. The van der Waals surface area contributed by atoms with Crippen molar-refractivity contribution in [3.05, 3.63) is 60.8 Å². The van der Waals surface area contributed by atoms with Gasteiger partial charge in [0, 0.05) is 42.3 Å². The predicted octanol–water partition coefficient (Wildman–Crippen LogP) is 4.15. The molecule has 0 bridgehead atoms. The lowest BCUT2D eigenvalue weighted by atomic mass is 10.1. The first-order valence-electron chi connectivity index (χ1n) is 11.4. The Hall–Kier alpha value is -3.78. The van der Waals surface area contributed by atoms with Gasteiger partial charge in [0.1, 0.15) is 17.7 Å². The summed E-state index contributed by atoms with van der Waals surface area (Å²) >= 11 is 0. The van der Waals surface area contributed by atoms with Gasteiger partial charge in [0.2, 0.25) is 0 Å². The van der Waals surface area contributed by atoms with Crippen LogP contribution in [0.5, 0.6) is 0 Å². The van der Waals surface area contributed by atoms with Crippen LogP contribution >= 0.6 is 0 Å².